The molecule has 0 saturated carbocycles. The normalized spacial score (nSPS) is 25.4. The van der Waals surface area contributed by atoms with E-state index in [1.54, 1.807) is 0 Å². The molecule has 0 aromatic heterocycles. The molecule has 27 heavy (non-hydrogen) atoms. The average molecular weight is 381 g/mol. The van der Waals surface area contributed by atoms with E-state index in [2.05, 4.69) is 16.0 Å². The second-order valence-corrected chi connectivity index (χ2v) is 6.92. The summed E-state index contributed by atoms with van der Waals surface area (Å²) in [5, 5.41) is 8.44. The number of nitrogens with one attached hydrogen (secondary N) is 3. The Morgan fingerprint density at radius 1 is 0.704 bits per heavy atom. The highest BCUT2D eigenvalue weighted by atomic mass is 16.2. The van der Waals surface area contributed by atoms with E-state index in [4.69, 9.17) is 0 Å². The summed E-state index contributed by atoms with van der Waals surface area (Å²) in [4.78, 5) is 71.6. The van der Waals surface area contributed by atoms with Crippen molar-refractivity contribution in [2.75, 3.05) is 19.6 Å². The Morgan fingerprint density at radius 2 is 1.15 bits per heavy atom. The first-order valence-electron chi connectivity index (χ1n) is 8.86. The maximum Gasteiger partial charge on any atom is 0.163 e. The summed E-state index contributed by atoms with van der Waals surface area (Å²) in [5.74, 6) is -3.10. The molecule has 1 aliphatic rings. The lowest BCUT2D eigenvalue weighted by atomic mass is 9.92. The molecule has 1 aliphatic heterocycles. The summed E-state index contributed by atoms with van der Waals surface area (Å²) in [7, 11) is 0. The first-order chi connectivity index (χ1) is 12.6. The van der Waals surface area contributed by atoms with Gasteiger partial charge in [-0.25, -0.2) is 0 Å². The van der Waals surface area contributed by atoms with E-state index < -0.39 is 29.7 Å². The Morgan fingerprint density at radius 3 is 1.63 bits per heavy atom. The van der Waals surface area contributed by atoms with E-state index >= 15 is 0 Å². The zero-order valence-corrected chi connectivity index (χ0v) is 15.9. The van der Waals surface area contributed by atoms with Crippen LogP contribution >= 0.6 is 0 Å². The highest BCUT2D eigenvalue weighted by Gasteiger charge is 2.30. The molecule has 1 rings (SSSR count). The van der Waals surface area contributed by atoms with Crippen molar-refractivity contribution in [3.8, 4) is 0 Å². The standard InChI is InChI=1S/C18H27N3O6/c1-10(22)4-13-15(25)7-19-14(5-11(2)23)17(27)9-21-18(6-12(3)24)20-8-16(13)26/h13-14,18-21H,4-9H2,1-3H3. The Bertz CT molecular complexity index is 631. The predicted molar refractivity (Wildman–Crippen MR) is 96.0 cm³/mol. The Kier molecular flexibility index (Phi) is 9.27. The third-order valence-corrected chi connectivity index (χ3v) is 4.21. The number of hydrogen-bond acceptors (Lipinski definition) is 9. The van der Waals surface area contributed by atoms with Gasteiger partial charge in [0.05, 0.1) is 37.8 Å². The molecule has 3 N–H and O–H groups in total. The lowest BCUT2D eigenvalue weighted by Gasteiger charge is -2.24. The SMILES string of the molecule is CC(=O)CC1NCC(=O)C(CC(C)=O)NCC(=O)C(CC(C)=O)C(=O)CN1. The van der Waals surface area contributed by atoms with Crippen molar-refractivity contribution in [1.82, 2.24) is 16.0 Å². The number of carbonyl (C=O) groups excluding carboxylic acids is 6. The van der Waals surface area contributed by atoms with Gasteiger partial charge in [0.25, 0.3) is 0 Å². The minimum atomic E-state index is -1.13. The molecule has 150 valence electrons. The molecule has 9 nitrogen and oxygen atoms in total. The van der Waals surface area contributed by atoms with Crippen molar-refractivity contribution in [2.45, 2.75) is 52.2 Å². The third-order valence-electron chi connectivity index (χ3n) is 4.21. The first-order valence-corrected chi connectivity index (χ1v) is 8.86. The van der Waals surface area contributed by atoms with Crippen LogP contribution in [0.3, 0.4) is 0 Å². The second kappa shape index (κ2) is 10.9. The van der Waals surface area contributed by atoms with Crippen LogP contribution in [0.4, 0.5) is 0 Å². The maximum atomic E-state index is 12.4. The Labute approximate surface area is 158 Å². The molecule has 3 unspecified atom stereocenters. The second-order valence-electron chi connectivity index (χ2n) is 6.92. The molecule has 3 atom stereocenters. The van der Waals surface area contributed by atoms with Crippen LogP contribution in [-0.4, -0.2) is 66.5 Å². The largest absolute Gasteiger partial charge is 0.300 e. The number of Topliss-reactive ketones (excluding diaryl/α,β-unsaturated/α-hetero) is 6. The monoisotopic (exact) mass is 381 g/mol. The summed E-state index contributed by atoms with van der Waals surface area (Å²) in [6.45, 7) is 3.38. The maximum absolute atomic E-state index is 12.4. The highest BCUT2D eigenvalue weighted by Crippen LogP contribution is 2.09. The van der Waals surface area contributed by atoms with Crippen LogP contribution in [0.25, 0.3) is 0 Å². The van der Waals surface area contributed by atoms with Gasteiger partial charge < -0.3 is 5.32 Å². The van der Waals surface area contributed by atoms with E-state index in [1.807, 2.05) is 0 Å². The molecule has 1 heterocycles. The Hall–Kier alpha value is -2.10. The molecule has 0 bridgehead atoms. The van der Waals surface area contributed by atoms with Gasteiger partial charge in [-0.2, -0.15) is 0 Å². The number of ketones is 6. The van der Waals surface area contributed by atoms with Gasteiger partial charge >= 0.3 is 0 Å². The van der Waals surface area contributed by atoms with Crippen LogP contribution in [0, 0.1) is 5.92 Å². The lowest BCUT2D eigenvalue weighted by molar-refractivity contribution is -0.135. The molecule has 0 aliphatic carbocycles. The minimum Gasteiger partial charge on any atom is -0.300 e. The van der Waals surface area contributed by atoms with Gasteiger partial charge in [-0.15, -0.1) is 0 Å². The van der Waals surface area contributed by atoms with Crippen molar-refractivity contribution >= 4 is 34.7 Å². The molecular formula is C18H27N3O6. The van der Waals surface area contributed by atoms with Gasteiger partial charge in [0.2, 0.25) is 0 Å². The quantitative estimate of drug-likeness (QED) is 0.480. The summed E-state index contributed by atoms with van der Waals surface area (Å²) in [6.07, 6.45) is -0.918. The van der Waals surface area contributed by atoms with Crippen molar-refractivity contribution in [2.24, 2.45) is 5.92 Å². The summed E-state index contributed by atoms with van der Waals surface area (Å²) < 4.78 is 0. The topological polar surface area (TPSA) is 139 Å². The van der Waals surface area contributed by atoms with Gasteiger partial charge in [-0.3, -0.25) is 39.4 Å². The van der Waals surface area contributed by atoms with Crippen LogP contribution in [0.2, 0.25) is 0 Å². The van der Waals surface area contributed by atoms with E-state index in [1.165, 1.54) is 20.8 Å². The Balaban J connectivity index is 3.05. The molecule has 0 radical (unpaired) electrons. The molecule has 0 aromatic carbocycles. The number of rotatable bonds is 6. The van der Waals surface area contributed by atoms with E-state index in [9.17, 15) is 28.8 Å². The summed E-state index contributed by atoms with van der Waals surface area (Å²) in [6, 6.07) is -0.885. The van der Waals surface area contributed by atoms with Gasteiger partial charge in [-0.05, 0) is 20.8 Å². The fraction of sp³-hybridized carbons (Fsp3) is 0.667. The highest BCUT2D eigenvalue weighted by molar-refractivity contribution is 6.06. The van der Waals surface area contributed by atoms with Crippen LogP contribution < -0.4 is 16.0 Å². The number of carbonyl (C=O) groups is 6. The van der Waals surface area contributed by atoms with Gasteiger partial charge in [0.1, 0.15) is 17.3 Å². The van der Waals surface area contributed by atoms with Crippen LogP contribution in [0.1, 0.15) is 40.0 Å². The molecule has 9 heteroatoms. The summed E-state index contributed by atoms with van der Waals surface area (Å²) >= 11 is 0. The zero-order chi connectivity index (χ0) is 20.6. The van der Waals surface area contributed by atoms with Crippen molar-refractivity contribution in [1.29, 1.82) is 0 Å². The molecule has 0 aromatic rings. The van der Waals surface area contributed by atoms with Crippen molar-refractivity contribution < 1.29 is 28.8 Å². The van der Waals surface area contributed by atoms with Crippen molar-refractivity contribution in [3.05, 3.63) is 0 Å². The zero-order valence-electron chi connectivity index (χ0n) is 15.9. The fourth-order valence-corrected chi connectivity index (χ4v) is 2.83. The van der Waals surface area contributed by atoms with Gasteiger partial charge in [0, 0.05) is 19.3 Å². The number of hydrogen-bond donors (Lipinski definition) is 3. The molecule has 1 fully saturated rings. The fourth-order valence-electron chi connectivity index (χ4n) is 2.83. The lowest BCUT2D eigenvalue weighted by Crippen LogP contribution is -2.53. The van der Waals surface area contributed by atoms with Crippen LogP contribution in [-0.2, 0) is 28.8 Å². The van der Waals surface area contributed by atoms with E-state index in [-0.39, 0.29) is 62.0 Å². The van der Waals surface area contributed by atoms with Gasteiger partial charge in [-0.1, -0.05) is 0 Å². The molecule has 0 amide bonds. The van der Waals surface area contributed by atoms with E-state index in [0.717, 1.165) is 0 Å². The van der Waals surface area contributed by atoms with E-state index in [0.29, 0.717) is 0 Å². The summed E-state index contributed by atoms with van der Waals surface area (Å²) in [5.41, 5.74) is 0. The first kappa shape index (κ1) is 22.9. The minimum absolute atomic E-state index is 0.0384. The van der Waals surface area contributed by atoms with Gasteiger partial charge in [0.15, 0.2) is 17.3 Å². The molecule has 0 spiro atoms. The smallest absolute Gasteiger partial charge is 0.163 e. The average Bonchev–Trinajstić information content (AvgIpc) is 2.56. The van der Waals surface area contributed by atoms with Crippen molar-refractivity contribution in [3.63, 3.8) is 0 Å². The predicted octanol–water partition coefficient (Wildman–Crippen LogP) is -1.28. The van der Waals surface area contributed by atoms with Crippen LogP contribution in [0.5, 0.6) is 0 Å². The third kappa shape index (κ3) is 8.42. The van der Waals surface area contributed by atoms with Crippen LogP contribution in [0.15, 0.2) is 0 Å². The molecule has 1 saturated heterocycles. The molecular weight excluding hydrogens is 354 g/mol.